The molecule has 5 nitrogen and oxygen atoms in total. The van der Waals surface area contributed by atoms with Crippen molar-refractivity contribution in [3.63, 3.8) is 0 Å². The molecule has 0 atom stereocenters. The lowest BCUT2D eigenvalue weighted by Crippen LogP contribution is -2.25. The monoisotopic (exact) mass is 262 g/mol. The Kier molecular flexibility index (Phi) is 4.70. The van der Waals surface area contributed by atoms with Gasteiger partial charge in [-0.15, -0.1) is 0 Å². The summed E-state index contributed by atoms with van der Waals surface area (Å²) in [6.07, 6.45) is 0. The van der Waals surface area contributed by atoms with Crippen molar-refractivity contribution in [2.45, 2.75) is 13.8 Å². The van der Waals surface area contributed by atoms with E-state index in [4.69, 9.17) is 16.3 Å². The topological polar surface area (TPSA) is 68.3 Å². The number of thiazole rings is 1. The molecule has 0 unspecified atom stereocenters. The van der Waals surface area contributed by atoms with Crippen molar-refractivity contribution in [3.8, 4) is 0 Å². The Labute approximate surface area is 102 Å². The highest BCUT2D eigenvalue weighted by Crippen LogP contribution is 2.23. The summed E-state index contributed by atoms with van der Waals surface area (Å²) in [6, 6.07) is 0. The Hall–Kier alpha value is -1.14. The van der Waals surface area contributed by atoms with E-state index in [1.807, 2.05) is 0 Å². The molecule has 0 spiro atoms. The largest absolute Gasteiger partial charge is 0.462 e. The number of esters is 1. The van der Waals surface area contributed by atoms with E-state index in [0.717, 1.165) is 11.3 Å². The maximum atomic E-state index is 11.6. The van der Waals surface area contributed by atoms with E-state index in [1.165, 1.54) is 0 Å². The molecular weight excluding hydrogens is 252 g/mol. The minimum Gasteiger partial charge on any atom is -0.462 e. The lowest BCUT2D eigenvalue weighted by Gasteiger charge is -2.01. The molecule has 1 aromatic heterocycles. The summed E-state index contributed by atoms with van der Waals surface area (Å²) in [5.41, 5.74) is 0.0234. The van der Waals surface area contributed by atoms with Crippen LogP contribution in [0.2, 0.25) is 4.47 Å². The van der Waals surface area contributed by atoms with Crippen LogP contribution < -0.4 is 5.32 Å². The number of nitrogens with one attached hydrogen (secondary N) is 1. The van der Waals surface area contributed by atoms with Gasteiger partial charge in [0.2, 0.25) is 0 Å². The Morgan fingerprint density at radius 3 is 2.75 bits per heavy atom. The van der Waals surface area contributed by atoms with Gasteiger partial charge in [0.25, 0.3) is 5.91 Å². The van der Waals surface area contributed by atoms with Crippen molar-refractivity contribution in [1.29, 1.82) is 0 Å². The van der Waals surface area contributed by atoms with E-state index in [-0.39, 0.29) is 21.6 Å². The predicted octanol–water partition coefficient (Wildman–Crippen LogP) is 1.72. The van der Waals surface area contributed by atoms with Crippen molar-refractivity contribution in [2.24, 2.45) is 0 Å². The predicted molar refractivity (Wildman–Crippen MR) is 61.1 cm³/mol. The molecule has 1 aromatic rings. The summed E-state index contributed by atoms with van der Waals surface area (Å²) in [4.78, 5) is 27.0. The maximum absolute atomic E-state index is 11.6. The Bertz CT molecular complexity index is 370. The molecule has 0 aliphatic rings. The van der Waals surface area contributed by atoms with Crippen molar-refractivity contribution >= 4 is 34.8 Å². The van der Waals surface area contributed by atoms with Gasteiger partial charge in [0.1, 0.15) is 4.88 Å². The molecule has 0 aromatic carbocycles. The molecule has 0 radical (unpaired) electrons. The highest BCUT2D eigenvalue weighted by Gasteiger charge is 2.23. The molecule has 0 aliphatic heterocycles. The number of carbonyl (C=O) groups excluding carboxylic acids is 2. The molecule has 0 saturated heterocycles. The fourth-order valence-corrected chi connectivity index (χ4v) is 2.03. The van der Waals surface area contributed by atoms with Crippen LogP contribution in [0.4, 0.5) is 0 Å². The van der Waals surface area contributed by atoms with Crippen LogP contribution in [0.25, 0.3) is 0 Å². The van der Waals surface area contributed by atoms with Crippen molar-refractivity contribution in [3.05, 3.63) is 15.0 Å². The Morgan fingerprint density at radius 1 is 1.50 bits per heavy atom. The molecule has 0 saturated carbocycles. The van der Waals surface area contributed by atoms with Crippen LogP contribution in [0.15, 0.2) is 0 Å². The van der Waals surface area contributed by atoms with E-state index in [0.29, 0.717) is 6.54 Å². The molecule has 0 fully saturated rings. The van der Waals surface area contributed by atoms with E-state index >= 15 is 0 Å². The number of carbonyl (C=O) groups is 2. The molecule has 0 bridgehead atoms. The summed E-state index contributed by atoms with van der Waals surface area (Å²) >= 11 is 6.61. The van der Waals surface area contributed by atoms with Crippen molar-refractivity contribution in [1.82, 2.24) is 10.3 Å². The van der Waals surface area contributed by atoms with Gasteiger partial charge >= 0.3 is 5.97 Å². The molecule has 0 aliphatic carbocycles. The van der Waals surface area contributed by atoms with Gasteiger partial charge in [-0.3, -0.25) is 4.79 Å². The fraction of sp³-hybridized carbons (Fsp3) is 0.444. The van der Waals surface area contributed by atoms with Crippen LogP contribution in [0, 0.1) is 0 Å². The zero-order valence-electron chi connectivity index (χ0n) is 8.87. The Balaban J connectivity index is 2.99. The van der Waals surface area contributed by atoms with Gasteiger partial charge in [-0.25, -0.2) is 9.78 Å². The number of ether oxygens (including phenoxy) is 1. The van der Waals surface area contributed by atoms with Gasteiger partial charge in [-0.05, 0) is 13.8 Å². The van der Waals surface area contributed by atoms with Crippen molar-refractivity contribution in [2.75, 3.05) is 13.2 Å². The lowest BCUT2D eigenvalue weighted by molar-refractivity contribution is 0.0528. The number of aromatic nitrogens is 1. The minimum absolute atomic E-state index is 0.0234. The van der Waals surface area contributed by atoms with E-state index in [9.17, 15) is 9.59 Å². The molecule has 1 amide bonds. The molecule has 1 heterocycles. The van der Waals surface area contributed by atoms with Gasteiger partial charge in [0.15, 0.2) is 10.2 Å². The van der Waals surface area contributed by atoms with Crippen LogP contribution in [0.1, 0.15) is 34.0 Å². The standard InChI is InChI=1S/C9H11ClN2O3S/c1-3-11-7(13)5-6(8(14)15-4-2)16-9(10)12-5/h3-4H2,1-2H3,(H,11,13). The lowest BCUT2D eigenvalue weighted by atomic mass is 10.3. The average Bonchev–Trinajstić information content (AvgIpc) is 2.61. The first-order valence-corrected chi connectivity index (χ1v) is 5.91. The normalized spacial score (nSPS) is 9.94. The van der Waals surface area contributed by atoms with Gasteiger partial charge < -0.3 is 10.1 Å². The van der Waals surface area contributed by atoms with Crippen LogP contribution in [0.5, 0.6) is 0 Å². The highest BCUT2D eigenvalue weighted by molar-refractivity contribution is 7.17. The number of amides is 1. The van der Waals surface area contributed by atoms with E-state index in [1.54, 1.807) is 13.8 Å². The number of nitrogens with zero attached hydrogens (tertiary/aromatic N) is 1. The van der Waals surface area contributed by atoms with Crippen LogP contribution in [-0.2, 0) is 4.74 Å². The molecular formula is C9H11ClN2O3S. The zero-order chi connectivity index (χ0) is 12.1. The Morgan fingerprint density at radius 2 is 2.19 bits per heavy atom. The van der Waals surface area contributed by atoms with Gasteiger partial charge in [-0.1, -0.05) is 22.9 Å². The average molecular weight is 263 g/mol. The third-order valence-corrected chi connectivity index (χ3v) is 2.75. The third-order valence-electron chi connectivity index (χ3n) is 1.61. The smallest absolute Gasteiger partial charge is 0.350 e. The second-order valence-electron chi connectivity index (χ2n) is 2.72. The van der Waals surface area contributed by atoms with Crippen molar-refractivity contribution < 1.29 is 14.3 Å². The van der Waals surface area contributed by atoms with Gasteiger partial charge in [-0.2, -0.15) is 0 Å². The number of hydrogen-bond donors (Lipinski definition) is 1. The maximum Gasteiger partial charge on any atom is 0.350 e. The quantitative estimate of drug-likeness (QED) is 0.839. The van der Waals surface area contributed by atoms with E-state index in [2.05, 4.69) is 10.3 Å². The van der Waals surface area contributed by atoms with Crippen LogP contribution in [0.3, 0.4) is 0 Å². The summed E-state index contributed by atoms with van der Waals surface area (Å²) in [5.74, 6) is -0.998. The first kappa shape index (κ1) is 12.9. The second-order valence-corrected chi connectivity index (χ2v) is 4.31. The number of hydrogen-bond acceptors (Lipinski definition) is 5. The van der Waals surface area contributed by atoms with Crippen LogP contribution >= 0.6 is 22.9 Å². The van der Waals surface area contributed by atoms with Gasteiger partial charge in [0, 0.05) is 6.54 Å². The number of rotatable bonds is 4. The fourth-order valence-electron chi connectivity index (χ4n) is 1.03. The molecule has 7 heteroatoms. The van der Waals surface area contributed by atoms with E-state index < -0.39 is 11.9 Å². The zero-order valence-corrected chi connectivity index (χ0v) is 10.4. The SMILES string of the molecule is CCNC(=O)c1nc(Cl)sc1C(=O)OCC. The third kappa shape index (κ3) is 2.93. The minimum atomic E-state index is -0.576. The summed E-state index contributed by atoms with van der Waals surface area (Å²) in [6.45, 7) is 4.15. The van der Waals surface area contributed by atoms with Crippen LogP contribution in [-0.4, -0.2) is 30.0 Å². The first-order valence-electron chi connectivity index (χ1n) is 4.71. The molecule has 16 heavy (non-hydrogen) atoms. The molecule has 1 rings (SSSR count). The highest BCUT2D eigenvalue weighted by atomic mass is 35.5. The number of halogens is 1. The summed E-state index contributed by atoms with van der Waals surface area (Å²) in [5, 5.41) is 2.55. The first-order chi connectivity index (χ1) is 7.60. The molecule has 88 valence electrons. The molecule has 1 N–H and O–H groups in total. The second kappa shape index (κ2) is 5.81. The summed E-state index contributed by atoms with van der Waals surface area (Å²) < 4.78 is 4.95. The summed E-state index contributed by atoms with van der Waals surface area (Å²) in [7, 11) is 0. The van der Waals surface area contributed by atoms with Gasteiger partial charge in [0.05, 0.1) is 6.61 Å².